The summed E-state index contributed by atoms with van der Waals surface area (Å²) in [5.41, 5.74) is 0.154. The van der Waals surface area contributed by atoms with Crippen molar-refractivity contribution in [2.45, 2.75) is 6.42 Å². The Morgan fingerprint density at radius 2 is 2.17 bits per heavy atom. The molecule has 0 radical (unpaired) electrons. The molecule has 1 aliphatic rings. The van der Waals surface area contributed by atoms with Crippen molar-refractivity contribution in [1.29, 1.82) is 0 Å². The summed E-state index contributed by atoms with van der Waals surface area (Å²) < 4.78 is 0. The molecule has 1 rings (SSSR count). The number of aliphatic carboxylic acids is 1. The molecule has 1 N–H and O–H groups in total. The summed E-state index contributed by atoms with van der Waals surface area (Å²) in [7, 11) is 0. The van der Waals surface area contributed by atoms with Crippen LogP contribution >= 0.6 is 0 Å². The van der Waals surface area contributed by atoms with Crippen molar-refractivity contribution in [2.75, 3.05) is 6.54 Å². The first-order chi connectivity index (χ1) is 5.52. The Bertz CT molecular complexity index is 281. The Morgan fingerprint density at radius 1 is 1.58 bits per heavy atom. The summed E-state index contributed by atoms with van der Waals surface area (Å²) in [5.74, 6) is -2.28. The molecule has 0 bridgehead atoms. The zero-order valence-electron chi connectivity index (χ0n) is 6.24. The van der Waals surface area contributed by atoms with Crippen molar-refractivity contribution in [3.8, 4) is 0 Å². The second-order valence-electron chi connectivity index (χ2n) is 2.46. The Balaban J connectivity index is 2.77. The van der Waals surface area contributed by atoms with Crippen LogP contribution in [-0.2, 0) is 14.4 Å². The topological polar surface area (TPSA) is 74.7 Å². The largest absolute Gasteiger partial charge is 0.480 e. The third-order valence-corrected chi connectivity index (χ3v) is 1.51. The average molecular weight is 169 g/mol. The van der Waals surface area contributed by atoms with Gasteiger partial charge in [0.25, 0.3) is 5.91 Å². The summed E-state index contributed by atoms with van der Waals surface area (Å²) >= 11 is 0. The van der Waals surface area contributed by atoms with E-state index < -0.39 is 24.3 Å². The average Bonchev–Trinajstić information content (AvgIpc) is 2.16. The molecule has 2 amide bonds. The van der Waals surface area contributed by atoms with E-state index >= 15 is 0 Å². The fourth-order valence-corrected chi connectivity index (χ4v) is 0.953. The fraction of sp³-hybridized carbons (Fsp3) is 0.286. The third-order valence-electron chi connectivity index (χ3n) is 1.51. The van der Waals surface area contributed by atoms with Crippen molar-refractivity contribution >= 4 is 17.8 Å². The molecule has 1 aliphatic heterocycles. The van der Waals surface area contributed by atoms with Gasteiger partial charge in [-0.25, -0.2) is 0 Å². The van der Waals surface area contributed by atoms with Gasteiger partial charge in [-0.3, -0.25) is 19.3 Å². The van der Waals surface area contributed by atoms with Gasteiger partial charge in [0.1, 0.15) is 6.54 Å². The van der Waals surface area contributed by atoms with Crippen LogP contribution < -0.4 is 0 Å². The molecule has 0 aromatic carbocycles. The van der Waals surface area contributed by atoms with Gasteiger partial charge in [-0.1, -0.05) is 6.58 Å². The highest BCUT2D eigenvalue weighted by atomic mass is 16.4. The number of nitrogens with zero attached hydrogens (tertiary/aromatic N) is 1. The zero-order chi connectivity index (χ0) is 9.30. The van der Waals surface area contributed by atoms with Gasteiger partial charge in [0.15, 0.2) is 0 Å². The minimum Gasteiger partial charge on any atom is -0.480 e. The van der Waals surface area contributed by atoms with Gasteiger partial charge in [0.2, 0.25) is 5.91 Å². The summed E-state index contributed by atoms with van der Waals surface area (Å²) in [5, 5.41) is 8.32. The summed E-state index contributed by atoms with van der Waals surface area (Å²) in [6.45, 7) is 2.77. The van der Waals surface area contributed by atoms with E-state index in [0.717, 1.165) is 0 Å². The van der Waals surface area contributed by atoms with Gasteiger partial charge < -0.3 is 5.11 Å². The molecule has 1 heterocycles. The van der Waals surface area contributed by atoms with E-state index in [0.29, 0.717) is 4.90 Å². The standard InChI is InChI=1S/C7H7NO4/c1-4-2-5(9)8(7(4)12)3-6(10)11/h1-3H2,(H,10,11). The predicted molar refractivity (Wildman–Crippen MR) is 38.1 cm³/mol. The second-order valence-corrected chi connectivity index (χ2v) is 2.46. The van der Waals surface area contributed by atoms with E-state index in [4.69, 9.17) is 5.11 Å². The van der Waals surface area contributed by atoms with Crippen LogP contribution in [0.4, 0.5) is 0 Å². The third kappa shape index (κ3) is 1.34. The van der Waals surface area contributed by atoms with E-state index in [9.17, 15) is 14.4 Å². The molecule has 1 fully saturated rings. The predicted octanol–water partition coefficient (Wildman–Crippen LogP) is -0.614. The lowest BCUT2D eigenvalue weighted by atomic mass is 10.3. The number of carboxylic acid groups (broad SMARTS) is 1. The first-order valence-electron chi connectivity index (χ1n) is 3.26. The number of imide groups is 1. The fourth-order valence-electron chi connectivity index (χ4n) is 0.953. The number of carbonyl (C=O) groups excluding carboxylic acids is 2. The highest BCUT2D eigenvalue weighted by Gasteiger charge is 2.33. The first kappa shape index (κ1) is 8.45. The number of rotatable bonds is 2. The molecule has 5 heteroatoms. The van der Waals surface area contributed by atoms with Gasteiger partial charge in [-0.2, -0.15) is 0 Å². The van der Waals surface area contributed by atoms with Gasteiger partial charge in [0, 0.05) is 5.57 Å². The van der Waals surface area contributed by atoms with Gasteiger partial charge in [-0.15, -0.1) is 0 Å². The lowest BCUT2D eigenvalue weighted by Crippen LogP contribution is -2.34. The van der Waals surface area contributed by atoms with Crippen LogP contribution in [0.15, 0.2) is 12.2 Å². The van der Waals surface area contributed by atoms with Crippen LogP contribution in [0.25, 0.3) is 0 Å². The smallest absolute Gasteiger partial charge is 0.323 e. The minimum atomic E-state index is -1.20. The molecule has 0 aliphatic carbocycles. The Kier molecular flexibility index (Phi) is 1.95. The summed E-state index contributed by atoms with van der Waals surface area (Å²) in [6.07, 6.45) is -0.0634. The zero-order valence-corrected chi connectivity index (χ0v) is 6.24. The normalized spacial score (nSPS) is 17.3. The van der Waals surface area contributed by atoms with Crippen LogP contribution in [0.5, 0.6) is 0 Å². The maximum Gasteiger partial charge on any atom is 0.323 e. The number of carbonyl (C=O) groups is 3. The van der Waals surface area contributed by atoms with Crippen molar-refractivity contribution in [2.24, 2.45) is 0 Å². The molecular formula is C7H7NO4. The monoisotopic (exact) mass is 169 g/mol. The van der Waals surface area contributed by atoms with Crippen LogP contribution in [0.2, 0.25) is 0 Å². The van der Waals surface area contributed by atoms with Crippen molar-refractivity contribution in [3.63, 3.8) is 0 Å². The van der Waals surface area contributed by atoms with E-state index in [1.165, 1.54) is 0 Å². The first-order valence-corrected chi connectivity index (χ1v) is 3.26. The number of hydrogen-bond donors (Lipinski definition) is 1. The quantitative estimate of drug-likeness (QED) is 0.442. The Morgan fingerprint density at radius 3 is 2.50 bits per heavy atom. The molecule has 1 saturated heterocycles. The van der Waals surface area contributed by atoms with E-state index in [-0.39, 0.29) is 12.0 Å². The van der Waals surface area contributed by atoms with Gasteiger partial charge >= 0.3 is 5.97 Å². The number of likely N-dealkylation sites (tertiary alicyclic amines) is 1. The summed E-state index contributed by atoms with van der Waals surface area (Å²) in [4.78, 5) is 32.8. The van der Waals surface area contributed by atoms with Gasteiger partial charge in [0.05, 0.1) is 6.42 Å². The number of amides is 2. The molecule has 0 aromatic heterocycles. The lowest BCUT2D eigenvalue weighted by molar-refractivity contribution is -0.148. The lowest BCUT2D eigenvalue weighted by Gasteiger charge is -2.08. The van der Waals surface area contributed by atoms with Crippen LogP contribution in [0.3, 0.4) is 0 Å². The van der Waals surface area contributed by atoms with E-state index in [1.807, 2.05) is 0 Å². The second kappa shape index (κ2) is 2.77. The molecular weight excluding hydrogens is 162 g/mol. The van der Waals surface area contributed by atoms with Crippen LogP contribution in [0.1, 0.15) is 6.42 Å². The molecule has 0 atom stereocenters. The number of hydrogen-bond acceptors (Lipinski definition) is 3. The molecule has 0 saturated carbocycles. The summed E-state index contributed by atoms with van der Waals surface area (Å²) in [6, 6.07) is 0. The highest BCUT2D eigenvalue weighted by Crippen LogP contribution is 2.15. The Hall–Kier alpha value is -1.65. The molecule has 5 nitrogen and oxygen atoms in total. The molecule has 0 unspecified atom stereocenters. The molecule has 12 heavy (non-hydrogen) atoms. The molecule has 0 spiro atoms. The molecule has 0 aromatic rings. The Labute approximate surface area is 68.3 Å². The maximum absolute atomic E-state index is 11.0. The SMILES string of the molecule is C=C1CC(=O)N(CC(=O)O)C1=O. The van der Waals surface area contributed by atoms with E-state index in [1.54, 1.807) is 0 Å². The van der Waals surface area contributed by atoms with Crippen LogP contribution in [-0.4, -0.2) is 34.3 Å². The van der Waals surface area contributed by atoms with Crippen molar-refractivity contribution < 1.29 is 19.5 Å². The van der Waals surface area contributed by atoms with Crippen LogP contribution in [0, 0.1) is 0 Å². The molecule has 64 valence electrons. The van der Waals surface area contributed by atoms with Crippen molar-refractivity contribution in [1.82, 2.24) is 4.90 Å². The van der Waals surface area contributed by atoms with Crippen molar-refractivity contribution in [3.05, 3.63) is 12.2 Å². The minimum absolute atomic E-state index is 0.0634. The number of carboxylic acids is 1. The maximum atomic E-state index is 11.0. The van der Waals surface area contributed by atoms with Gasteiger partial charge in [-0.05, 0) is 0 Å². The highest BCUT2D eigenvalue weighted by molar-refractivity contribution is 6.14. The van der Waals surface area contributed by atoms with E-state index in [2.05, 4.69) is 6.58 Å².